The van der Waals surface area contributed by atoms with E-state index < -0.39 is 0 Å². The minimum absolute atomic E-state index is 0. The van der Waals surface area contributed by atoms with Gasteiger partial charge in [0, 0.05) is 0 Å². The molecule has 0 heterocycles. The first-order valence-electron chi connectivity index (χ1n) is 3.93. The fourth-order valence-electron chi connectivity index (χ4n) is 1.30. The molecular weight excluding hydrogens is 192 g/mol. The molecule has 0 atom stereocenters. The van der Waals surface area contributed by atoms with Gasteiger partial charge >= 0.3 is 23.1 Å². The Hall–Kier alpha value is 0.146. The second-order valence-corrected chi connectivity index (χ2v) is 3.23. The first-order valence-corrected chi connectivity index (χ1v) is 3.93. The summed E-state index contributed by atoms with van der Waals surface area (Å²) in [6, 6.07) is 2.15. The van der Waals surface area contributed by atoms with Crippen molar-refractivity contribution >= 4 is 23.1 Å². The predicted molar refractivity (Wildman–Crippen MR) is 55.6 cm³/mol. The molecule has 0 saturated carbocycles. The zero-order valence-electron chi connectivity index (χ0n) is 8.87. The molecule has 13 heavy (non-hydrogen) atoms. The van der Waals surface area contributed by atoms with Crippen molar-refractivity contribution < 1.29 is 12.4 Å². The first kappa shape index (κ1) is 15.6. The predicted octanol–water partition coefficient (Wildman–Crippen LogP) is -0.274. The van der Waals surface area contributed by atoms with Gasteiger partial charge in [0.2, 0.25) is 0 Å². The van der Waals surface area contributed by atoms with Crippen molar-refractivity contribution in [3.63, 3.8) is 0 Å². The maximum Gasteiger partial charge on any atom is 2.00 e. The Kier molecular flexibility index (Phi) is 6.95. The van der Waals surface area contributed by atoms with Crippen LogP contribution in [0.25, 0.3) is 0 Å². The van der Waals surface area contributed by atoms with Gasteiger partial charge in [-0.05, 0) is 6.92 Å². The molecule has 0 bridgehead atoms. The summed E-state index contributed by atoms with van der Waals surface area (Å²) in [4.78, 5) is 0. The Labute approximate surface area is 104 Å². The third-order valence-corrected chi connectivity index (χ3v) is 2.59. The summed E-state index contributed by atoms with van der Waals surface area (Å²) in [6.45, 7) is 12.6. The van der Waals surface area contributed by atoms with Gasteiger partial charge in [-0.2, -0.15) is 18.6 Å². The van der Waals surface area contributed by atoms with E-state index >= 15 is 0 Å². The Morgan fingerprint density at radius 2 is 1.38 bits per heavy atom. The van der Waals surface area contributed by atoms with Crippen LogP contribution in [0.3, 0.4) is 0 Å². The van der Waals surface area contributed by atoms with Gasteiger partial charge in [-0.1, -0.05) is 26.3 Å². The van der Waals surface area contributed by atoms with E-state index in [0.29, 0.717) is 0 Å². The number of benzene rings is 1. The summed E-state index contributed by atoms with van der Waals surface area (Å²) < 4.78 is 0. The SMILES string of the molecule is [CH2-]c1cc(C)c(C)c(C)c1C.[Cl-].[Mg+2]. The van der Waals surface area contributed by atoms with Crippen molar-refractivity contribution in [3.8, 4) is 0 Å². The van der Waals surface area contributed by atoms with Crippen LogP contribution in [0.5, 0.6) is 0 Å². The van der Waals surface area contributed by atoms with Gasteiger partial charge in [0.1, 0.15) is 0 Å². The number of hydrogen-bond acceptors (Lipinski definition) is 0. The van der Waals surface area contributed by atoms with Gasteiger partial charge in [-0.25, -0.2) is 0 Å². The van der Waals surface area contributed by atoms with Crippen molar-refractivity contribution in [3.05, 3.63) is 40.8 Å². The molecule has 1 aromatic carbocycles. The summed E-state index contributed by atoms with van der Waals surface area (Å²) in [5, 5.41) is 0. The van der Waals surface area contributed by atoms with E-state index in [0.717, 1.165) is 5.56 Å². The molecule has 0 unspecified atom stereocenters. The van der Waals surface area contributed by atoms with E-state index in [1.807, 2.05) is 0 Å². The van der Waals surface area contributed by atoms with Gasteiger partial charge in [0.05, 0.1) is 0 Å². The summed E-state index contributed by atoms with van der Waals surface area (Å²) in [7, 11) is 0. The summed E-state index contributed by atoms with van der Waals surface area (Å²) >= 11 is 0. The minimum Gasteiger partial charge on any atom is -1.00 e. The van der Waals surface area contributed by atoms with Crippen LogP contribution in [0.4, 0.5) is 0 Å². The zero-order chi connectivity index (χ0) is 8.59. The van der Waals surface area contributed by atoms with Gasteiger partial charge in [0.25, 0.3) is 0 Å². The molecular formula is C11H15ClMg. The van der Waals surface area contributed by atoms with Crippen molar-refractivity contribution in [2.75, 3.05) is 0 Å². The van der Waals surface area contributed by atoms with Gasteiger partial charge in [0.15, 0.2) is 0 Å². The molecule has 0 fully saturated rings. The number of halogens is 1. The van der Waals surface area contributed by atoms with Crippen LogP contribution < -0.4 is 12.4 Å². The third-order valence-electron chi connectivity index (χ3n) is 2.59. The largest absolute Gasteiger partial charge is 2.00 e. The van der Waals surface area contributed by atoms with Crippen molar-refractivity contribution in [2.24, 2.45) is 0 Å². The average Bonchev–Trinajstić information content (AvgIpc) is 1.97. The van der Waals surface area contributed by atoms with Crippen LogP contribution >= 0.6 is 0 Å². The summed E-state index contributed by atoms with van der Waals surface area (Å²) in [5.41, 5.74) is 6.61. The fraction of sp³-hybridized carbons (Fsp3) is 0.364. The number of hydrogen-bond donors (Lipinski definition) is 0. The monoisotopic (exact) mass is 206 g/mol. The van der Waals surface area contributed by atoms with Crippen molar-refractivity contribution in [1.29, 1.82) is 0 Å². The Balaban J connectivity index is 0. The zero-order valence-corrected chi connectivity index (χ0v) is 11.0. The second-order valence-electron chi connectivity index (χ2n) is 3.23. The number of rotatable bonds is 0. The van der Waals surface area contributed by atoms with E-state index in [9.17, 15) is 0 Å². The van der Waals surface area contributed by atoms with Gasteiger partial charge in [-0.15, -0.1) is 16.7 Å². The molecule has 0 spiro atoms. The molecule has 1 aromatic rings. The molecule has 0 N–H and O–H groups in total. The van der Waals surface area contributed by atoms with Crippen LogP contribution in [0, 0.1) is 34.6 Å². The fourth-order valence-corrected chi connectivity index (χ4v) is 1.30. The van der Waals surface area contributed by atoms with E-state index in [2.05, 4.69) is 40.7 Å². The van der Waals surface area contributed by atoms with Crippen molar-refractivity contribution in [2.45, 2.75) is 27.7 Å². The molecule has 0 aliphatic heterocycles. The smallest absolute Gasteiger partial charge is 1.00 e. The van der Waals surface area contributed by atoms with E-state index in [-0.39, 0.29) is 35.5 Å². The summed E-state index contributed by atoms with van der Waals surface area (Å²) in [6.07, 6.45) is 0. The van der Waals surface area contributed by atoms with Crippen LogP contribution in [-0.4, -0.2) is 23.1 Å². The van der Waals surface area contributed by atoms with Gasteiger partial charge in [-0.3, -0.25) is 0 Å². The van der Waals surface area contributed by atoms with E-state index in [1.54, 1.807) is 0 Å². The van der Waals surface area contributed by atoms with E-state index in [1.165, 1.54) is 22.3 Å². The third kappa shape index (κ3) is 3.08. The standard InChI is InChI=1S/C11H15.ClH.Mg/c1-7-6-8(2)10(4)11(5)9(7)3;;/h6H,1H2,2-5H3;1H;/q-1;;+2/p-1. The van der Waals surface area contributed by atoms with Crippen LogP contribution in [0.2, 0.25) is 0 Å². The quantitative estimate of drug-likeness (QED) is 0.405. The normalized spacial score (nSPS) is 8.62. The van der Waals surface area contributed by atoms with Crippen LogP contribution in [0.1, 0.15) is 27.8 Å². The second kappa shape index (κ2) is 5.79. The molecule has 0 nitrogen and oxygen atoms in total. The van der Waals surface area contributed by atoms with Crippen LogP contribution in [-0.2, 0) is 0 Å². The molecule has 0 radical (unpaired) electrons. The van der Waals surface area contributed by atoms with Crippen molar-refractivity contribution in [1.82, 2.24) is 0 Å². The minimum atomic E-state index is 0. The maximum atomic E-state index is 3.98. The maximum absolute atomic E-state index is 3.98. The van der Waals surface area contributed by atoms with Gasteiger partial charge < -0.3 is 12.4 Å². The molecule has 0 aliphatic rings. The molecule has 68 valence electrons. The Morgan fingerprint density at radius 1 is 0.923 bits per heavy atom. The molecule has 0 amide bonds. The van der Waals surface area contributed by atoms with E-state index in [4.69, 9.17) is 0 Å². The number of aryl methyl sites for hydroxylation is 1. The molecule has 0 saturated heterocycles. The molecule has 0 aromatic heterocycles. The first-order chi connectivity index (χ1) is 5.04. The Morgan fingerprint density at radius 3 is 1.85 bits per heavy atom. The average molecular weight is 207 g/mol. The topological polar surface area (TPSA) is 0 Å². The summed E-state index contributed by atoms with van der Waals surface area (Å²) in [5.74, 6) is 0. The van der Waals surface area contributed by atoms with Crippen LogP contribution in [0.15, 0.2) is 6.07 Å². The molecule has 0 aliphatic carbocycles. The molecule has 2 heteroatoms. The molecule has 1 rings (SSSR count). The Bertz CT molecular complexity index is 266.